The lowest BCUT2D eigenvalue weighted by molar-refractivity contribution is 0.0949. The molecule has 0 bridgehead atoms. The average Bonchev–Trinajstić information content (AvgIpc) is 2.60. The van der Waals surface area contributed by atoms with E-state index in [2.05, 4.69) is 22.2 Å². The highest BCUT2D eigenvalue weighted by Crippen LogP contribution is 2.09. The van der Waals surface area contributed by atoms with E-state index in [4.69, 9.17) is 5.14 Å². The maximum Gasteiger partial charge on any atom is 0.269 e. The van der Waals surface area contributed by atoms with Gasteiger partial charge in [0, 0.05) is 13.1 Å². The van der Waals surface area contributed by atoms with E-state index in [-0.39, 0.29) is 10.8 Å². The van der Waals surface area contributed by atoms with Crippen LogP contribution in [0.15, 0.2) is 60.1 Å². The summed E-state index contributed by atoms with van der Waals surface area (Å²) in [5.41, 5.74) is 2.03. The fraction of sp³-hybridized carbons (Fsp3) is 0.176. The van der Waals surface area contributed by atoms with Gasteiger partial charge in [0.25, 0.3) is 5.91 Å². The number of amides is 1. The van der Waals surface area contributed by atoms with E-state index in [9.17, 15) is 13.2 Å². The normalized spacial score (nSPS) is 10.9. The Hall–Kier alpha value is -2.71. The molecule has 1 amide bonds. The highest BCUT2D eigenvalue weighted by molar-refractivity contribution is 7.89. The zero-order chi connectivity index (χ0) is 18.3. The van der Waals surface area contributed by atoms with E-state index in [1.54, 1.807) is 36.5 Å². The molecule has 7 nitrogen and oxygen atoms in total. The summed E-state index contributed by atoms with van der Waals surface area (Å²) < 4.78 is 22.4. The summed E-state index contributed by atoms with van der Waals surface area (Å²) >= 11 is 0. The first-order valence-corrected chi connectivity index (χ1v) is 9.15. The SMILES string of the molecule is C=CCNc1ccc(C(=O)NCCc2ccc(S(N)(=O)=O)cc2)nc1. The molecule has 25 heavy (non-hydrogen) atoms. The Balaban J connectivity index is 1.84. The Kier molecular flexibility index (Phi) is 6.26. The molecule has 4 N–H and O–H groups in total. The number of rotatable bonds is 8. The van der Waals surface area contributed by atoms with E-state index in [1.165, 1.54) is 12.1 Å². The molecule has 0 atom stereocenters. The standard InChI is InChI=1S/C17H20N4O3S/c1-2-10-19-14-5-8-16(21-12-14)17(22)20-11-9-13-3-6-15(7-4-13)25(18,23)24/h2-8,12,19H,1,9-11H2,(H,20,22)(H2,18,23,24). The first-order chi connectivity index (χ1) is 11.9. The minimum Gasteiger partial charge on any atom is -0.380 e. The number of carbonyl (C=O) groups is 1. The second-order valence-electron chi connectivity index (χ2n) is 5.30. The van der Waals surface area contributed by atoms with Gasteiger partial charge in [0.15, 0.2) is 0 Å². The number of aromatic nitrogens is 1. The van der Waals surface area contributed by atoms with Crippen molar-refractivity contribution in [2.45, 2.75) is 11.3 Å². The molecular formula is C17H20N4O3S. The van der Waals surface area contributed by atoms with Crippen molar-refractivity contribution in [3.05, 3.63) is 66.5 Å². The van der Waals surface area contributed by atoms with Crippen molar-refractivity contribution in [2.75, 3.05) is 18.4 Å². The van der Waals surface area contributed by atoms with Crippen molar-refractivity contribution in [3.63, 3.8) is 0 Å². The number of pyridine rings is 1. The Morgan fingerprint density at radius 3 is 2.48 bits per heavy atom. The number of nitrogens with one attached hydrogen (secondary N) is 2. The molecule has 0 saturated heterocycles. The molecular weight excluding hydrogens is 340 g/mol. The van der Waals surface area contributed by atoms with Crippen molar-refractivity contribution in [1.29, 1.82) is 0 Å². The van der Waals surface area contributed by atoms with Gasteiger partial charge in [-0.1, -0.05) is 18.2 Å². The molecule has 1 aromatic heterocycles. The number of nitrogens with zero attached hydrogens (tertiary/aromatic N) is 1. The minimum absolute atomic E-state index is 0.0645. The Labute approximate surface area is 147 Å². The van der Waals surface area contributed by atoms with Gasteiger partial charge in [-0.2, -0.15) is 0 Å². The third-order valence-corrected chi connectivity index (χ3v) is 4.33. The predicted octanol–water partition coefficient (Wildman–Crippen LogP) is 1.30. The van der Waals surface area contributed by atoms with Crippen LogP contribution in [0.5, 0.6) is 0 Å². The van der Waals surface area contributed by atoms with Gasteiger partial charge in [-0.15, -0.1) is 6.58 Å². The van der Waals surface area contributed by atoms with E-state index >= 15 is 0 Å². The monoisotopic (exact) mass is 360 g/mol. The van der Waals surface area contributed by atoms with Gasteiger partial charge in [-0.3, -0.25) is 4.79 Å². The summed E-state index contributed by atoms with van der Waals surface area (Å²) in [6, 6.07) is 9.65. The molecule has 0 aliphatic heterocycles. The van der Waals surface area contributed by atoms with Crippen molar-refractivity contribution >= 4 is 21.6 Å². The van der Waals surface area contributed by atoms with Crippen LogP contribution in [0.4, 0.5) is 5.69 Å². The van der Waals surface area contributed by atoms with Crippen LogP contribution in [-0.2, 0) is 16.4 Å². The molecule has 0 aliphatic rings. The summed E-state index contributed by atoms with van der Waals surface area (Å²) in [4.78, 5) is 16.2. The number of benzene rings is 1. The third-order valence-electron chi connectivity index (χ3n) is 3.40. The summed E-state index contributed by atoms with van der Waals surface area (Å²) in [7, 11) is -3.69. The predicted molar refractivity (Wildman–Crippen MR) is 96.8 cm³/mol. The number of anilines is 1. The van der Waals surface area contributed by atoms with Crippen LogP contribution in [0.25, 0.3) is 0 Å². The Bertz CT molecular complexity index is 831. The van der Waals surface area contributed by atoms with Crippen LogP contribution in [-0.4, -0.2) is 32.4 Å². The number of nitrogens with two attached hydrogens (primary N) is 1. The molecule has 2 aromatic rings. The Morgan fingerprint density at radius 2 is 1.92 bits per heavy atom. The summed E-state index contributed by atoms with van der Waals surface area (Å²) in [5, 5.41) is 10.9. The van der Waals surface area contributed by atoms with Crippen LogP contribution in [0, 0.1) is 0 Å². The van der Waals surface area contributed by atoms with Crippen molar-refractivity contribution < 1.29 is 13.2 Å². The smallest absolute Gasteiger partial charge is 0.269 e. The minimum atomic E-state index is -3.69. The average molecular weight is 360 g/mol. The van der Waals surface area contributed by atoms with Gasteiger partial charge >= 0.3 is 0 Å². The summed E-state index contributed by atoms with van der Waals surface area (Å²) in [6.07, 6.45) is 3.89. The molecule has 0 aliphatic carbocycles. The van der Waals surface area contributed by atoms with Crippen molar-refractivity contribution in [1.82, 2.24) is 10.3 Å². The second-order valence-corrected chi connectivity index (χ2v) is 6.86. The molecule has 0 spiro atoms. The highest BCUT2D eigenvalue weighted by Gasteiger charge is 2.08. The van der Waals surface area contributed by atoms with Gasteiger partial charge in [0.2, 0.25) is 10.0 Å². The van der Waals surface area contributed by atoms with E-state index in [0.29, 0.717) is 25.2 Å². The lowest BCUT2D eigenvalue weighted by Gasteiger charge is -2.07. The van der Waals surface area contributed by atoms with Crippen molar-refractivity contribution in [3.8, 4) is 0 Å². The number of hydrogen-bond donors (Lipinski definition) is 3. The molecule has 0 unspecified atom stereocenters. The number of sulfonamides is 1. The molecule has 0 saturated carbocycles. The fourth-order valence-electron chi connectivity index (χ4n) is 2.08. The molecule has 0 fully saturated rings. The molecule has 8 heteroatoms. The fourth-order valence-corrected chi connectivity index (χ4v) is 2.59. The van der Waals surface area contributed by atoms with Gasteiger partial charge < -0.3 is 10.6 Å². The molecule has 1 aromatic carbocycles. The number of primary sulfonamides is 1. The molecule has 0 radical (unpaired) electrons. The Morgan fingerprint density at radius 1 is 1.20 bits per heavy atom. The maximum absolute atomic E-state index is 12.0. The van der Waals surface area contributed by atoms with Gasteiger partial charge in [-0.25, -0.2) is 18.5 Å². The molecule has 2 rings (SSSR count). The van der Waals surface area contributed by atoms with Gasteiger partial charge in [0.05, 0.1) is 16.8 Å². The van der Waals surface area contributed by atoms with Crippen molar-refractivity contribution in [2.24, 2.45) is 5.14 Å². The highest BCUT2D eigenvalue weighted by atomic mass is 32.2. The van der Waals surface area contributed by atoms with Crippen LogP contribution in [0.3, 0.4) is 0 Å². The topological polar surface area (TPSA) is 114 Å². The van der Waals surface area contributed by atoms with Gasteiger partial charge in [-0.05, 0) is 36.2 Å². The first-order valence-electron chi connectivity index (χ1n) is 7.61. The third kappa shape index (κ3) is 5.70. The summed E-state index contributed by atoms with van der Waals surface area (Å²) in [6.45, 7) is 4.64. The van der Waals surface area contributed by atoms with Crippen LogP contribution >= 0.6 is 0 Å². The maximum atomic E-state index is 12.0. The van der Waals surface area contributed by atoms with Crippen LogP contribution < -0.4 is 15.8 Å². The molecule has 1 heterocycles. The van der Waals surface area contributed by atoms with E-state index < -0.39 is 10.0 Å². The zero-order valence-corrected chi connectivity index (χ0v) is 14.4. The van der Waals surface area contributed by atoms with Gasteiger partial charge in [0.1, 0.15) is 5.69 Å². The number of carbonyl (C=O) groups excluding carboxylic acids is 1. The lowest BCUT2D eigenvalue weighted by Crippen LogP contribution is -2.26. The quantitative estimate of drug-likeness (QED) is 0.614. The number of hydrogen-bond acceptors (Lipinski definition) is 5. The second kappa shape index (κ2) is 8.41. The zero-order valence-electron chi connectivity index (χ0n) is 13.6. The first kappa shape index (κ1) is 18.6. The molecule has 132 valence electrons. The summed E-state index contributed by atoms with van der Waals surface area (Å²) in [5.74, 6) is -0.267. The lowest BCUT2D eigenvalue weighted by atomic mass is 10.1. The van der Waals surface area contributed by atoms with E-state index in [0.717, 1.165) is 11.3 Å². The van der Waals surface area contributed by atoms with Crippen LogP contribution in [0.2, 0.25) is 0 Å². The van der Waals surface area contributed by atoms with Crippen LogP contribution in [0.1, 0.15) is 16.1 Å². The van der Waals surface area contributed by atoms with E-state index in [1.807, 2.05) is 0 Å². The largest absolute Gasteiger partial charge is 0.380 e.